The zero-order chi connectivity index (χ0) is 28.5. The Hall–Kier alpha value is -3.93. The maximum Gasteiger partial charge on any atom is 0.419 e. The number of rotatable bonds is 6. The molecule has 1 saturated heterocycles. The van der Waals surface area contributed by atoms with E-state index in [1.54, 1.807) is 35.9 Å². The lowest BCUT2D eigenvalue weighted by atomic mass is 10.0. The normalized spacial score (nSPS) is 15.4. The van der Waals surface area contributed by atoms with Gasteiger partial charge in [-0.1, -0.05) is 12.1 Å². The number of piperazine rings is 1. The quantitative estimate of drug-likeness (QED) is 0.443. The van der Waals surface area contributed by atoms with Crippen molar-refractivity contribution < 1.29 is 32.3 Å². The Morgan fingerprint density at radius 3 is 2.36 bits per heavy atom. The summed E-state index contributed by atoms with van der Waals surface area (Å²) in [6, 6.07) is 7.24. The first kappa shape index (κ1) is 28.1. The molecule has 0 saturated carbocycles. The van der Waals surface area contributed by atoms with Crippen molar-refractivity contribution in [3.63, 3.8) is 0 Å². The predicted octanol–water partition coefficient (Wildman–Crippen LogP) is 4.51. The molecule has 12 heteroatoms. The molecule has 3 aromatic rings. The van der Waals surface area contributed by atoms with E-state index in [2.05, 4.69) is 10.2 Å². The lowest BCUT2D eigenvalue weighted by molar-refractivity contribution is -0.140. The average molecular weight is 549 g/mol. The second-order valence-electron chi connectivity index (χ2n) is 9.70. The van der Waals surface area contributed by atoms with Crippen LogP contribution in [-0.4, -0.2) is 64.2 Å². The molecular formula is C27H28F4N4O4. The summed E-state index contributed by atoms with van der Waals surface area (Å²) in [7, 11) is 0. The van der Waals surface area contributed by atoms with E-state index in [4.69, 9.17) is 5.11 Å². The fraction of sp³-hybridized carbons (Fsp3) is 0.370. The van der Waals surface area contributed by atoms with Crippen LogP contribution in [0.25, 0.3) is 10.8 Å². The number of fused-ring (bicyclic) bond motifs is 1. The van der Waals surface area contributed by atoms with Crippen LogP contribution < -0.4 is 10.9 Å². The number of nitrogens with one attached hydrogen (secondary N) is 1. The van der Waals surface area contributed by atoms with E-state index < -0.39 is 29.6 Å². The number of aryl methyl sites for hydroxylation is 1. The van der Waals surface area contributed by atoms with Crippen molar-refractivity contribution in [1.82, 2.24) is 14.4 Å². The molecule has 0 aliphatic carbocycles. The summed E-state index contributed by atoms with van der Waals surface area (Å²) in [4.78, 5) is 40.7. The molecule has 8 nitrogen and oxygen atoms in total. The van der Waals surface area contributed by atoms with Gasteiger partial charge in [-0.25, -0.2) is 9.18 Å². The van der Waals surface area contributed by atoms with Gasteiger partial charge in [-0.05, 0) is 49.2 Å². The van der Waals surface area contributed by atoms with Gasteiger partial charge in [-0.15, -0.1) is 0 Å². The van der Waals surface area contributed by atoms with Crippen LogP contribution in [0.2, 0.25) is 0 Å². The standard InChI is InChI=1S/C27H28F4N4O4/c1-16-3-5-20-19(24(16)32-23(36)14-18-4-6-21(22(28)13-18)27(29,30)31)7-8-35(25(20)37)17(2)15-33-9-11-34(12-10-33)26(38)39/h3-8,13,17H,9-12,14-15H2,1-2H3,(H,32,36)(H,38,39). The van der Waals surface area contributed by atoms with Crippen molar-refractivity contribution in [2.24, 2.45) is 0 Å². The van der Waals surface area contributed by atoms with Crippen LogP contribution >= 0.6 is 0 Å². The van der Waals surface area contributed by atoms with Crippen molar-refractivity contribution >= 4 is 28.5 Å². The number of aromatic nitrogens is 1. The summed E-state index contributed by atoms with van der Waals surface area (Å²) >= 11 is 0. The van der Waals surface area contributed by atoms with Gasteiger partial charge in [0.15, 0.2) is 0 Å². The van der Waals surface area contributed by atoms with Gasteiger partial charge in [0.1, 0.15) is 5.82 Å². The van der Waals surface area contributed by atoms with E-state index in [9.17, 15) is 31.9 Å². The zero-order valence-electron chi connectivity index (χ0n) is 21.4. The lowest BCUT2D eigenvalue weighted by Crippen LogP contribution is -2.49. The Morgan fingerprint density at radius 2 is 1.74 bits per heavy atom. The molecule has 2 N–H and O–H groups in total. The van der Waals surface area contributed by atoms with Gasteiger partial charge in [0.05, 0.1) is 17.7 Å². The molecule has 0 bridgehead atoms. The minimum Gasteiger partial charge on any atom is -0.465 e. The van der Waals surface area contributed by atoms with Gasteiger partial charge in [0, 0.05) is 55.7 Å². The zero-order valence-corrected chi connectivity index (χ0v) is 21.4. The van der Waals surface area contributed by atoms with Crippen LogP contribution in [-0.2, 0) is 17.4 Å². The highest BCUT2D eigenvalue weighted by atomic mass is 19.4. The molecule has 1 aromatic heterocycles. The number of amides is 2. The smallest absolute Gasteiger partial charge is 0.419 e. The molecule has 1 unspecified atom stereocenters. The largest absolute Gasteiger partial charge is 0.465 e. The van der Waals surface area contributed by atoms with Crippen LogP contribution in [0.5, 0.6) is 0 Å². The van der Waals surface area contributed by atoms with E-state index in [-0.39, 0.29) is 23.6 Å². The summed E-state index contributed by atoms with van der Waals surface area (Å²) < 4.78 is 54.0. The number of alkyl halides is 3. The van der Waals surface area contributed by atoms with Crippen LogP contribution in [0.15, 0.2) is 47.4 Å². The Morgan fingerprint density at radius 1 is 1.05 bits per heavy atom. The Bertz CT molecular complexity index is 1460. The monoisotopic (exact) mass is 548 g/mol. The first-order valence-electron chi connectivity index (χ1n) is 12.4. The molecule has 0 spiro atoms. The molecule has 2 heterocycles. The molecule has 1 fully saturated rings. The second kappa shape index (κ2) is 11.0. The van der Waals surface area contributed by atoms with Gasteiger partial charge in [0.25, 0.3) is 5.56 Å². The number of halogens is 4. The number of anilines is 1. The summed E-state index contributed by atoms with van der Waals surface area (Å²) in [5.74, 6) is -2.02. The highest BCUT2D eigenvalue weighted by Crippen LogP contribution is 2.32. The van der Waals surface area contributed by atoms with Crippen LogP contribution in [0.1, 0.15) is 29.7 Å². The molecular weight excluding hydrogens is 520 g/mol. The van der Waals surface area contributed by atoms with Crippen molar-refractivity contribution in [2.75, 3.05) is 38.0 Å². The maximum atomic E-state index is 13.9. The molecule has 208 valence electrons. The number of hydrogen-bond acceptors (Lipinski definition) is 4. The first-order chi connectivity index (χ1) is 18.3. The number of carboxylic acid groups (broad SMARTS) is 1. The summed E-state index contributed by atoms with van der Waals surface area (Å²) in [6.45, 7) is 6.13. The molecule has 2 aromatic carbocycles. The number of benzene rings is 2. The predicted molar refractivity (Wildman–Crippen MR) is 137 cm³/mol. The molecule has 4 rings (SSSR count). The van der Waals surface area contributed by atoms with E-state index in [0.717, 1.165) is 6.07 Å². The summed E-state index contributed by atoms with van der Waals surface area (Å²) in [5, 5.41) is 12.7. The Labute approximate surface area is 221 Å². The maximum absolute atomic E-state index is 13.9. The number of hydrogen-bond donors (Lipinski definition) is 2. The Balaban J connectivity index is 1.51. The topological polar surface area (TPSA) is 94.9 Å². The third kappa shape index (κ3) is 6.22. The van der Waals surface area contributed by atoms with Crippen molar-refractivity contribution in [2.45, 2.75) is 32.5 Å². The Kier molecular flexibility index (Phi) is 7.96. The average Bonchev–Trinajstić information content (AvgIpc) is 2.85. The molecule has 1 atom stereocenters. The molecule has 1 aliphatic rings. The number of carbonyl (C=O) groups is 2. The molecule has 0 radical (unpaired) electrons. The van der Waals surface area contributed by atoms with Crippen LogP contribution in [0.3, 0.4) is 0 Å². The van der Waals surface area contributed by atoms with Crippen molar-refractivity contribution in [3.05, 3.63) is 75.5 Å². The number of carbonyl (C=O) groups excluding carboxylic acids is 1. The van der Waals surface area contributed by atoms with E-state index in [0.29, 0.717) is 66.9 Å². The first-order valence-corrected chi connectivity index (χ1v) is 12.4. The highest BCUT2D eigenvalue weighted by Gasteiger charge is 2.34. The van der Waals surface area contributed by atoms with Gasteiger partial charge in [0.2, 0.25) is 5.91 Å². The van der Waals surface area contributed by atoms with E-state index >= 15 is 0 Å². The number of pyridine rings is 1. The summed E-state index contributed by atoms with van der Waals surface area (Å²) in [6.07, 6.45) is -4.49. The van der Waals surface area contributed by atoms with Crippen molar-refractivity contribution in [3.8, 4) is 0 Å². The number of nitrogens with zero attached hydrogens (tertiary/aromatic N) is 3. The SMILES string of the molecule is Cc1ccc2c(=O)n(C(C)CN3CCN(C(=O)O)CC3)ccc2c1NC(=O)Cc1ccc(C(F)(F)F)c(F)c1. The van der Waals surface area contributed by atoms with Crippen LogP contribution in [0.4, 0.5) is 28.0 Å². The van der Waals surface area contributed by atoms with E-state index in [1.165, 1.54) is 4.90 Å². The molecule has 39 heavy (non-hydrogen) atoms. The fourth-order valence-electron chi connectivity index (χ4n) is 4.81. The van der Waals surface area contributed by atoms with Gasteiger partial charge < -0.3 is 19.9 Å². The molecule has 1 aliphatic heterocycles. The van der Waals surface area contributed by atoms with Gasteiger partial charge in [-0.2, -0.15) is 13.2 Å². The fourth-order valence-corrected chi connectivity index (χ4v) is 4.81. The molecule has 2 amide bonds. The second-order valence-corrected chi connectivity index (χ2v) is 9.70. The third-order valence-corrected chi connectivity index (χ3v) is 6.93. The minimum absolute atomic E-state index is 0.0799. The summed E-state index contributed by atoms with van der Waals surface area (Å²) in [5.41, 5.74) is -0.507. The highest BCUT2D eigenvalue weighted by molar-refractivity contribution is 6.03. The minimum atomic E-state index is -4.83. The van der Waals surface area contributed by atoms with Crippen molar-refractivity contribution in [1.29, 1.82) is 0 Å². The van der Waals surface area contributed by atoms with Crippen LogP contribution in [0, 0.1) is 12.7 Å². The van der Waals surface area contributed by atoms with Gasteiger partial charge >= 0.3 is 12.3 Å². The lowest BCUT2D eigenvalue weighted by Gasteiger charge is -2.34. The van der Waals surface area contributed by atoms with Gasteiger partial charge in [-0.3, -0.25) is 14.5 Å². The van der Waals surface area contributed by atoms with E-state index in [1.807, 2.05) is 6.92 Å². The third-order valence-electron chi connectivity index (χ3n) is 6.93.